The summed E-state index contributed by atoms with van der Waals surface area (Å²) < 4.78 is 12.8. The molecular weight excluding hydrogens is 516 g/mol. The van der Waals surface area contributed by atoms with Gasteiger partial charge in [0.1, 0.15) is 4.70 Å². The molecule has 0 atom stereocenters. The van der Waals surface area contributed by atoms with E-state index in [2.05, 4.69) is 25.8 Å². The Morgan fingerprint density at radius 3 is 2.89 bits per heavy atom. The maximum absolute atomic E-state index is 13.1. The molecule has 13 heteroatoms. The van der Waals surface area contributed by atoms with E-state index in [-0.39, 0.29) is 36.3 Å². The second kappa shape index (κ2) is 11.0. The lowest BCUT2D eigenvalue weighted by Crippen LogP contribution is -2.26. The number of hydrogen-bond donors (Lipinski definition) is 3. The van der Waals surface area contributed by atoms with Gasteiger partial charge in [-0.2, -0.15) is 5.10 Å². The van der Waals surface area contributed by atoms with E-state index in [1.807, 2.05) is 30.5 Å². The zero-order valence-corrected chi connectivity index (χ0v) is 21.5. The summed E-state index contributed by atoms with van der Waals surface area (Å²) in [5, 5.41) is 14.6. The Morgan fingerprint density at radius 2 is 2.05 bits per heavy atom. The lowest BCUT2D eigenvalue weighted by molar-refractivity contribution is -0.121. The lowest BCUT2D eigenvalue weighted by atomic mass is 10.2. The Hall–Kier alpha value is -3.84. The molecule has 1 aromatic carbocycles. The molecule has 2 amide bonds. The summed E-state index contributed by atoms with van der Waals surface area (Å²) in [5.41, 5.74) is 2.16. The number of hydrogen-bond acceptors (Lipinski definition) is 9. The van der Waals surface area contributed by atoms with Crippen molar-refractivity contribution in [2.45, 2.75) is 38.0 Å². The van der Waals surface area contributed by atoms with Crippen LogP contribution in [0.3, 0.4) is 0 Å². The molecule has 4 aromatic rings. The number of nitrogens with zero attached hydrogens (tertiary/aromatic N) is 3. The van der Waals surface area contributed by atoms with E-state index in [4.69, 9.17) is 9.47 Å². The highest BCUT2D eigenvalue weighted by Gasteiger charge is 2.16. The number of aromatic nitrogens is 4. The normalized spacial score (nSPS) is 12.1. The number of aryl methyl sites for hydroxylation is 1. The molecule has 5 rings (SSSR count). The molecule has 3 aromatic heterocycles. The van der Waals surface area contributed by atoms with Crippen LogP contribution >= 0.6 is 23.1 Å². The largest absolute Gasteiger partial charge is 0.454 e. The van der Waals surface area contributed by atoms with Crippen molar-refractivity contribution in [3.63, 3.8) is 0 Å². The maximum Gasteiger partial charge on any atom is 0.272 e. The van der Waals surface area contributed by atoms with Crippen LogP contribution in [0.4, 0.5) is 5.82 Å². The molecule has 0 aliphatic carbocycles. The van der Waals surface area contributed by atoms with Gasteiger partial charge in [-0.15, -0.1) is 11.3 Å². The van der Waals surface area contributed by atoms with Gasteiger partial charge >= 0.3 is 0 Å². The number of thiophene rings is 1. The van der Waals surface area contributed by atoms with Gasteiger partial charge in [0.05, 0.1) is 11.3 Å². The Labute approximate surface area is 219 Å². The van der Waals surface area contributed by atoms with Gasteiger partial charge in [0.25, 0.3) is 5.56 Å². The topological polar surface area (TPSA) is 140 Å². The number of ether oxygens (including phenoxy) is 2. The summed E-state index contributed by atoms with van der Waals surface area (Å²) in [4.78, 5) is 42.5. The van der Waals surface area contributed by atoms with Crippen LogP contribution in [0.1, 0.15) is 24.1 Å². The number of fused-ring (bicyclic) bond motifs is 2. The summed E-state index contributed by atoms with van der Waals surface area (Å²) in [6, 6.07) is 9.05. The van der Waals surface area contributed by atoms with E-state index in [0.717, 1.165) is 11.3 Å². The smallest absolute Gasteiger partial charge is 0.272 e. The van der Waals surface area contributed by atoms with Gasteiger partial charge in [0.2, 0.25) is 18.6 Å². The maximum atomic E-state index is 13.1. The van der Waals surface area contributed by atoms with Gasteiger partial charge in [0.15, 0.2) is 22.5 Å². The minimum atomic E-state index is -0.259. The summed E-state index contributed by atoms with van der Waals surface area (Å²) >= 11 is 2.50. The van der Waals surface area contributed by atoms with Gasteiger partial charge in [-0.1, -0.05) is 17.8 Å². The number of nitrogens with one attached hydrogen (secondary N) is 3. The minimum Gasteiger partial charge on any atom is -0.454 e. The van der Waals surface area contributed by atoms with Crippen molar-refractivity contribution < 1.29 is 19.1 Å². The standard InChI is InChI=1S/C24H24N6O5S2/c1-14-9-19(29-28-14)27-21(32)12-37-24-26-16-6-8-36-22(16)23(33)30(24)7-2-3-20(31)25-11-15-4-5-17-18(10-15)35-13-34-17/h4-6,8-10H,2-3,7,11-13H2,1H3,(H,25,31)(H2,27,28,29,32). The molecule has 192 valence electrons. The molecule has 11 nitrogen and oxygen atoms in total. The quantitative estimate of drug-likeness (QED) is 0.206. The predicted octanol–water partition coefficient (Wildman–Crippen LogP) is 3.05. The fourth-order valence-electron chi connectivity index (χ4n) is 3.76. The number of carbonyl (C=O) groups is 2. The summed E-state index contributed by atoms with van der Waals surface area (Å²) in [5.74, 6) is 1.47. The first-order valence-electron chi connectivity index (χ1n) is 11.5. The Morgan fingerprint density at radius 1 is 1.19 bits per heavy atom. The van der Waals surface area contributed by atoms with Gasteiger partial charge in [-0.05, 0) is 42.5 Å². The highest BCUT2D eigenvalue weighted by molar-refractivity contribution is 7.99. The average Bonchev–Trinajstić information content (AvgIpc) is 3.63. The zero-order valence-electron chi connectivity index (χ0n) is 19.9. The molecule has 0 radical (unpaired) electrons. The van der Waals surface area contributed by atoms with Crippen LogP contribution in [0.2, 0.25) is 0 Å². The van der Waals surface area contributed by atoms with E-state index in [0.29, 0.717) is 52.2 Å². The number of aromatic amines is 1. The number of anilines is 1. The molecular formula is C24H24N6O5S2. The Balaban J connectivity index is 1.18. The van der Waals surface area contributed by atoms with Crippen LogP contribution in [-0.4, -0.2) is 44.1 Å². The number of thioether (sulfide) groups is 1. The summed E-state index contributed by atoms with van der Waals surface area (Å²) in [6.45, 7) is 2.71. The second-order valence-corrected chi connectivity index (χ2v) is 10.2. The fourth-order valence-corrected chi connectivity index (χ4v) is 5.36. The molecule has 4 heterocycles. The van der Waals surface area contributed by atoms with Crippen molar-refractivity contribution in [1.82, 2.24) is 25.1 Å². The number of carbonyl (C=O) groups excluding carboxylic acids is 2. The van der Waals surface area contributed by atoms with Crippen molar-refractivity contribution in [2.75, 3.05) is 17.9 Å². The molecule has 0 spiro atoms. The van der Waals surface area contributed by atoms with Crippen LogP contribution < -0.4 is 25.7 Å². The first kappa shape index (κ1) is 24.8. The molecule has 37 heavy (non-hydrogen) atoms. The summed E-state index contributed by atoms with van der Waals surface area (Å²) in [7, 11) is 0. The Kier molecular flexibility index (Phi) is 7.42. The average molecular weight is 541 g/mol. The number of rotatable bonds is 10. The van der Waals surface area contributed by atoms with Crippen LogP contribution in [0.15, 0.2) is 45.7 Å². The van der Waals surface area contributed by atoms with Crippen molar-refractivity contribution in [3.8, 4) is 11.5 Å². The van der Waals surface area contributed by atoms with Gasteiger partial charge in [-0.25, -0.2) is 4.98 Å². The molecule has 0 unspecified atom stereocenters. The first-order chi connectivity index (χ1) is 18.0. The number of amides is 2. The molecule has 0 saturated carbocycles. The van der Waals surface area contributed by atoms with Crippen molar-refractivity contribution in [3.05, 3.63) is 57.3 Å². The fraction of sp³-hybridized carbons (Fsp3) is 0.292. The van der Waals surface area contributed by atoms with E-state index in [1.165, 1.54) is 23.1 Å². The van der Waals surface area contributed by atoms with Crippen molar-refractivity contribution in [2.24, 2.45) is 0 Å². The minimum absolute atomic E-state index is 0.0595. The third-order valence-corrected chi connectivity index (χ3v) is 7.42. The third-order valence-electron chi connectivity index (χ3n) is 5.55. The first-order valence-corrected chi connectivity index (χ1v) is 13.4. The SMILES string of the molecule is Cc1cc(NC(=O)CSc2nc3ccsc3c(=O)n2CCCC(=O)NCc2ccc3c(c2)OCO3)n[nH]1. The molecule has 1 aliphatic rings. The highest BCUT2D eigenvalue weighted by atomic mass is 32.2. The van der Waals surface area contributed by atoms with Gasteiger partial charge in [0, 0.05) is 31.3 Å². The van der Waals surface area contributed by atoms with Crippen LogP contribution in [-0.2, 0) is 22.7 Å². The molecule has 3 N–H and O–H groups in total. The lowest BCUT2D eigenvalue weighted by Gasteiger charge is -2.12. The van der Waals surface area contributed by atoms with Crippen molar-refractivity contribution >= 4 is 50.9 Å². The molecule has 0 bridgehead atoms. The number of H-pyrrole nitrogens is 1. The van der Waals surface area contributed by atoms with Crippen LogP contribution in [0, 0.1) is 6.92 Å². The van der Waals surface area contributed by atoms with Gasteiger partial charge in [-0.3, -0.25) is 24.0 Å². The van der Waals surface area contributed by atoms with E-state index < -0.39 is 0 Å². The van der Waals surface area contributed by atoms with Gasteiger partial charge < -0.3 is 20.1 Å². The third kappa shape index (κ3) is 5.94. The van der Waals surface area contributed by atoms with Crippen molar-refractivity contribution in [1.29, 1.82) is 0 Å². The zero-order chi connectivity index (χ0) is 25.8. The molecule has 0 saturated heterocycles. The Bertz CT molecular complexity index is 1510. The van der Waals surface area contributed by atoms with Crippen LogP contribution in [0.5, 0.6) is 11.5 Å². The summed E-state index contributed by atoms with van der Waals surface area (Å²) in [6.07, 6.45) is 0.681. The highest BCUT2D eigenvalue weighted by Crippen LogP contribution is 2.32. The van der Waals surface area contributed by atoms with E-state index >= 15 is 0 Å². The predicted molar refractivity (Wildman–Crippen MR) is 140 cm³/mol. The van der Waals surface area contributed by atoms with E-state index in [9.17, 15) is 14.4 Å². The van der Waals surface area contributed by atoms with Crippen LogP contribution in [0.25, 0.3) is 10.2 Å². The van der Waals surface area contributed by atoms with E-state index in [1.54, 1.807) is 16.7 Å². The molecule has 1 aliphatic heterocycles. The second-order valence-electron chi connectivity index (χ2n) is 8.33. The molecule has 0 fully saturated rings. The number of benzene rings is 1. The monoisotopic (exact) mass is 540 g/mol.